The number of halogens is 1. The van der Waals surface area contributed by atoms with Crippen molar-refractivity contribution in [2.24, 2.45) is 0 Å². The van der Waals surface area contributed by atoms with E-state index < -0.39 is 29.7 Å². The Balaban J connectivity index is 2.20. The van der Waals surface area contributed by atoms with Gasteiger partial charge in [-0.1, -0.05) is 42.5 Å². The SMILES string of the molecule is C[C@H](O)CN1C(=O)C(=O)C(=C(O)c2ccccc2)[C@H]1c1cccc(F)c1. The topological polar surface area (TPSA) is 77.8 Å². The first-order valence-corrected chi connectivity index (χ1v) is 8.17. The number of rotatable bonds is 4. The zero-order valence-corrected chi connectivity index (χ0v) is 14.1. The monoisotopic (exact) mass is 355 g/mol. The highest BCUT2D eigenvalue weighted by molar-refractivity contribution is 6.46. The van der Waals surface area contributed by atoms with Crippen LogP contribution in [0.3, 0.4) is 0 Å². The third-order valence-electron chi connectivity index (χ3n) is 4.21. The minimum absolute atomic E-state index is 0.114. The predicted octanol–water partition coefficient (Wildman–Crippen LogP) is 2.63. The van der Waals surface area contributed by atoms with Crippen molar-refractivity contribution in [1.82, 2.24) is 4.90 Å². The fourth-order valence-electron chi connectivity index (χ4n) is 3.13. The molecule has 134 valence electrons. The van der Waals surface area contributed by atoms with Crippen molar-refractivity contribution < 1.29 is 24.2 Å². The first-order valence-electron chi connectivity index (χ1n) is 8.17. The van der Waals surface area contributed by atoms with E-state index in [4.69, 9.17) is 0 Å². The van der Waals surface area contributed by atoms with E-state index in [2.05, 4.69) is 0 Å². The molecular weight excluding hydrogens is 337 g/mol. The number of hydrogen-bond acceptors (Lipinski definition) is 4. The van der Waals surface area contributed by atoms with Gasteiger partial charge in [0.05, 0.1) is 17.7 Å². The van der Waals surface area contributed by atoms with Gasteiger partial charge in [0.15, 0.2) is 0 Å². The number of benzene rings is 2. The van der Waals surface area contributed by atoms with Gasteiger partial charge < -0.3 is 15.1 Å². The summed E-state index contributed by atoms with van der Waals surface area (Å²) in [4.78, 5) is 26.2. The maximum absolute atomic E-state index is 13.7. The van der Waals surface area contributed by atoms with Gasteiger partial charge in [-0.25, -0.2) is 4.39 Å². The fourth-order valence-corrected chi connectivity index (χ4v) is 3.13. The first-order chi connectivity index (χ1) is 12.4. The molecule has 1 amide bonds. The van der Waals surface area contributed by atoms with Crippen LogP contribution < -0.4 is 0 Å². The zero-order valence-electron chi connectivity index (χ0n) is 14.1. The van der Waals surface area contributed by atoms with Gasteiger partial charge in [-0.2, -0.15) is 0 Å². The molecule has 1 aliphatic rings. The summed E-state index contributed by atoms with van der Waals surface area (Å²) in [5.74, 6) is -2.55. The average molecular weight is 355 g/mol. The normalized spacial score (nSPS) is 20.4. The molecule has 0 spiro atoms. The lowest BCUT2D eigenvalue weighted by Crippen LogP contribution is -2.35. The maximum atomic E-state index is 13.7. The minimum Gasteiger partial charge on any atom is -0.507 e. The van der Waals surface area contributed by atoms with Crippen LogP contribution in [-0.4, -0.2) is 39.5 Å². The lowest BCUT2D eigenvalue weighted by Gasteiger charge is -2.26. The third-order valence-corrected chi connectivity index (χ3v) is 4.21. The standard InChI is InChI=1S/C20H18FNO4/c1-12(23)11-22-17(14-8-5-9-15(21)10-14)16(19(25)20(22)26)18(24)13-6-3-2-4-7-13/h2-10,12,17,23-24H,11H2,1H3/t12-,17+/m0/s1. The van der Waals surface area contributed by atoms with Crippen molar-refractivity contribution in [1.29, 1.82) is 0 Å². The van der Waals surface area contributed by atoms with Crippen molar-refractivity contribution in [3.05, 3.63) is 77.1 Å². The van der Waals surface area contributed by atoms with E-state index in [1.165, 1.54) is 25.1 Å². The number of ketones is 1. The summed E-state index contributed by atoms with van der Waals surface area (Å²) < 4.78 is 13.7. The highest BCUT2D eigenvalue weighted by Crippen LogP contribution is 2.39. The Morgan fingerprint density at radius 3 is 2.46 bits per heavy atom. The molecule has 1 heterocycles. The van der Waals surface area contributed by atoms with Crippen molar-refractivity contribution in [2.75, 3.05) is 6.54 Å². The molecular formula is C20H18FNO4. The van der Waals surface area contributed by atoms with Crippen LogP contribution in [0, 0.1) is 5.82 Å². The van der Waals surface area contributed by atoms with E-state index >= 15 is 0 Å². The number of carbonyl (C=O) groups is 2. The number of Topliss-reactive ketones (excluding diaryl/α,β-unsaturated/α-hetero) is 1. The van der Waals surface area contributed by atoms with Crippen LogP contribution in [0.1, 0.15) is 24.1 Å². The van der Waals surface area contributed by atoms with Crippen LogP contribution >= 0.6 is 0 Å². The summed E-state index contributed by atoms with van der Waals surface area (Å²) >= 11 is 0. The number of carbonyl (C=O) groups excluding carboxylic acids is 2. The summed E-state index contributed by atoms with van der Waals surface area (Å²) in [7, 11) is 0. The minimum atomic E-state index is -0.972. The van der Waals surface area contributed by atoms with Crippen molar-refractivity contribution in [3.63, 3.8) is 0 Å². The molecule has 0 saturated carbocycles. The second kappa shape index (κ2) is 7.09. The van der Waals surface area contributed by atoms with Crippen LogP contribution in [0.25, 0.3) is 5.76 Å². The van der Waals surface area contributed by atoms with Crippen molar-refractivity contribution >= 4 is 17.4 Å². The summed E-state index contributed by atoms with van der Waals surface area (Å²) in [5.41, 5.74) is 0.610. The zero-order chi connectivity index (χ0) is 18.8. The molecule has 26 heavy (non-hydrogen) atoms. The van der Waals surface area contributed by atoms with Crippen LogP contribution in [0.2, 0.25) is 0 Å². The highest BCUT2D eigenvalue weighted by atomic mass is 19.1. The Kier molecular flexibility index (Phi) is 4.86. The number of hydrogen-bond donors (Lipinski definition) is 2. The van der Waals surface area contributed by atoms with Gasteiger partial charge >= 0.3 is 0 Å². The number of nitrogens with zero attached hydrogens (tertiary/aromatic N) is 1. The molecule has 2 atom stereocenters. The largest absolute Gasteiger partial charge is 0.507 e. The number of likely N-dealkylation sites (tertiary alicyclic amines) is 1. The Hall–Kier alpha value is -2.99. The molecule has 0 aromatic heterocycles. The van der Waals surface area contributed by atoms with Gasteiger partial charge in [0, 0.05) is 12.1 Å². The van der Waals surface area contributed by atoms with Gasteiger partial charge in [0.25, 0.3) is 11.7 Å². The smallest absolute Gasteiger partial charge is 0.295 e. The van der Waals surface area contributed by atoms with Gasteiger partial charge in [-0.15, -0.1) is 0 Å². The molecule has 0 radical (unpaired) electrons. The molecule has 0 unspecified atom stereocenters. The Morgan fingerprint density at radius 2 is 1.85 bits per heavy atom. The molecule has 5 nitrogen and oxygen atoms in total. The van der Waals surface area contributed by atoms with E-state index in [0.29, 0.717) is 11.1 Å². The van der Waals surface area contributed by atoms with E-state index in [9.17, 15) is 24.2 Å². The summed E-state index contributed by atoms with van der Waals surface area (Å²) in [6.45, 7) is 1.37. The summed E-state index contributed by atoms with van der Waals surface area (Å²) in [6, 6.07) is 12.9. The molecule has 6 heteroatoms. The fraction of sp³-hybridized carbons (Fsp3) is 0.200. The number of amides is 1. The van der Waals surface area contributed by atoms with Crippen molar-refractivity contribution in [3.8, 4) is 0 Å². The van der Waals surface area contributed by atoms with Gasteiger partial charge in [0.1, 0.15) is 11.6 Å². The molecule has 2 N–H and O–H groups in total. The van der Waals surface area contributed by atoms with E-state index in [1.807, 2.05) is 0 Å². The van der Waals surface area contributed by atoms with Crippen LogP contribution in [0.15, 0.2) is 60.2 Å². The maximum Gasteiger partial charge on any atom is 0.295 e. The quantitative estimate of drug-likeness (QED) is 0.502. The Morgan fingerprint density at radius 1 is 1.15 bits per heavy atom. The Bertz CT molecular complexity index is 876. The van der Waals surface area contributed by atoms with Gasteiger partial charge in [-0.3, -0.25) is 9.59 Å². The molecule has 1 fully saturated rings. The lowest BCUT2D eigenvalue weighted by molar-refractivity contribution is -0.140. The molecule has 2 aromatic carbocycles. The van der Waals surface area contributed by atoms with E-state index in [-0.39, 0.29) is 17.9 Å². The van der Waals surface area contributed by atoms with Crippen molar-refractivity contribution in [2.45, 2.75) is 19.1 Å². The second-order valence-electron chi connectivity index (χ2n) is 6.22. The van der Waals surface area contributed by atoms with Crippen LogP contribution in [0.4, 0.5) is 4.39 Å². The third kappa shape index (κ3) is 3.23. The molecule has 0 bridgehead atoms. The van der Waals surface area contributed by atoms with E-state index in [0.717, 1.165) is 4.90 Å². The number of β-amino-alcohol motifs (C(OH)–C–C–N with tert-alkyl or cyclic N) is 1. The highest BCUT2D eigenvalue weighted by Gasteiger charge is 2.46. The number of aliphatic hydroxyl groups excluding tert-OH is 2. The predicted molar refractivity (Wildman–Crippen MR) is 93.5 cm³/mol. The molecule has 2 aromatic rings. The van der Waals surface area contributed by atoms with E-state index in [1.54, 1.807) is 36.4 Å². The van der Waals surface area contributed by atoms with Gasteiger partial charge in [0.2, 0.25) is 0 Å². The molecule has 1 aliphatic heterocycles. The first kappa shape index (κ1) is 17.8. The second-order valence-corrected chi connectivity index (χ2v) is 6.22. The molecule has 3 rings (SSSR count). The van der Waals surface area contributed by atoms with Crippen LogP contribution in [-0.2, 0) is 9.59 Å². The average Bonchev–Trinajstić information content (AvgIpc) is 2.86. The van der Waals surface area contributed by atoms with Crippen LogP contribution in [0.5, 0.6) is 0 Å². The molecule has 1 saturated heterocycles. The lowest BCUT2D eigenvalue weighted by atomic mass is 9.95. The summed E-state index contributed by atoms with van der Waals surface area (Å²) in [6.07, 6.45) is -0.888. The Labute approximate surface area is 150 Å². The number of aliphatic hydroxyl groups is 2. The van der Waals surface area contributed by atoms with Gasteiger partial charge in [-0.05, 0) is 24.6 Å². The summed E-state index contributed by atoms with van der Waals surface area (Å²) in [5, 5.41) is 20.4. The molecule has 0 aliphatic carbocycles.